The van der Waals surface area contributed by atoms with Crippen LogP contribution in [0.4, 0.5) is 4.39 Å². The molecule has 0 saturated carbocycles. The Hall–Kier alpha value is -1.39. The maximum absolute atomic E-state index is 13.7. The van der Waals surface area contributed by atoms with Crippen LogP contribution in [-0.4, -0.2) is 9.78 Å². The number of rotatable bonds is 2. The molecule has 1 atom stereocenters. The Bertz CT molecular complexity index is 454. The van der Waals surface area contributed by atoms with Crippen LogP contribution in [0.15, 0.2) is 36.7 Å². The highest BCUT2D eigenvalue weighted by molar-refractivity contribution is 5.85. The van der Waals surface area contributed by atoms with Gasteiger partial charge in [0.2, 0.25) is 0 Å². The molecule has 0 aliphatic rings. The zero-order valence-corrected chi connectivity index (χ0v) is 9.62. The van der Waals surface area contributed by atoms with E-state index in [0.29, 0.717) is 5.69 Å². The lowest BCUT2D eigenvalue weighted by molar-refractivity contribution is 0.606. The molecule has 0 amide bonds. The summed E-state index contributed by atoms with van der Waals surface area (Å²) >= 11 is 0. The van der Waals surface area contributed by atoms with Crippen LogP contribution < -0.4 is 5.73 Å². The molecule has 1 aromatic heterocycles. The second-order valence-electron chi connectivity index (χ2n) is 3.45. The molecule has 86 valence electrons. The number of halogens is 2. The van der Waals surface area contributed by atoms with Crippen LogP contribution in [0.1, 0.15) is 18.5 Å². The molecule has 3 nitrogen and oxygen atoms in total. The van der Waals surface area contributed by atoms with Gasteiger partial charge >= 0.3 is 0 Å². The highest BCUT2D eigenvalue weighted by Gasteiger charge is 2.07. The van der Waals surface area contributed by atoms with Gasteiger partial charge in [-0.1, -0.05) is 6.07 Å². The van der Waals surface area contributed by atoms with Crippen molar-refractivity contribution in [2.24, 2.45) is 5.73 Å². The summed E-state index contributed by atoms with van der Waals surface area (Å²) < 4.78 is 15.1. The molecule has 0 bridgehead atoms. The van der Waals surface area contributed by atoms with Gasteiger partial charge in [0, 0.05) is 18.4 Å². The summed E-state index contributed by atoms with van der Waals surface area (Å²) in [5, 5.41) is 3.97. The van der Waals surface area contributed by atoms with Crippen molar-refractivity contribution in [3.63, 3.8) is 0 Å². The molecule has 0 unspecified atom stereocenters. The predicted octanol–water partition coefficient (Wildman–Crippen LogP) is 2.45. The second kappa shape index (κ2) is 5.09. The van der Waals surface area contributed by atoms with E-state index in [0.717, 1.165) is 5.56 Å². The van der Waals surface area contributed by atoms with Gasteiger partial charge in [-0.25, -0.2) is 9.07 Å². The summed E-state index contributed by atoms with van der Waals surface area (Å²) in [5.41, 5.74) is 6.88. The highest BCUT2D eigenvalue weighted by atomic mass is 35.5. The maximum atomic E-state index is 13.7. The number of hydrogen-bond donors (Lipinski definition) is 1. The average molecular weight is 242 g/mol. The monoisotopic (exact) mass is 241 g/mol. The smallest absolute Gasteiger partial charge is 0.149 e. The number of benzene rings is 1. The van der Waals surface area contributed by atoms with Crippen molar-refractivity contribution in [1.29, 1.82) is 0 Å². The Labute approximate surface area is 99.5 Å². The predicted molar refractivity (Wildman–Crippen MR) is 63.4 cm³/mol. The van der Waals surface area contributed by atoms with Crippen LogP contribution >= 0.6 is 12.4 Å². The van der Waals surface area contributed by atoms with Gasteiger partial charge in [-0.2, -0.15) is 5.10 Å². The van der Waals surface area contributed by atoms with Crippen molar-refractivity contribution in [1.82, 2.24) is 9.78 Å². The molecule has 2 N–H and O–H groups in total. The third-order valence-corrected chi connectivity index (χ3v) is 2.25. The Morgan fingerprint density at radius 2 is 2.19 bits per heavy atom. The molecule has 0 saturated heterocycles. The van der Waals surface area contributed by atoms with Gasteiger partial charge in [0.15, 0.2) is 0 Å². The topological polar surface area (TPSA) is 43.8 Å². The quantitative estimate of drug-likeness (QED) is 0.878. The first kappa shape index (κ1) is 12.7. The molecule has 0 aliphatic heterocycles. The molecule has 0 spiro atoms. The molecule has 5 heteroatoms. The fourth-order valence-electron chi connectivity index (χ4n) is 1.40. The molecular weight excluding hydrogens is 229 g/mol. The molecule has 0 fully saturated rings. The number of hydrogen-bond acceptors (Lipinski definition) is 2. The van der Waals surface area contributed by atoms with Crippen LogP contribution in [0.5, 0.6) is 0 Å². The zero-order chi connectivity index (χ0) is 10.8. The van der Waals surface area contributed by atoms with Gasteiger partial charge in [0.1, 0.15) is 11.5 Å². The Balaban J connectivity index is 0.00000128. The van der Waals surface area contributed by atoms with Gasteiger partial charge in [0.25, 0.3) is 0 Å². The minimum Gasteiger partial charge on any atom is -0.324 e. The van der Waals surface area contributed by atoms with E-state index in [2.05, 4.69) is 5.10 Å². The lowest BCUT2D eigenvalue weighted by Gasteiger charge is -2.08. The van der Waals surface area contributed by atoms with E-state index >= 15 is 0 Å². The summed E-state index contributed by atoms with van der Waals surface area (Å²) in [7, 11) is 0. The summed E-state index contributed by atoms with van der Waals surface area (Å²) in [6.45, 7) is 1.82. The maximum Gasteiger partial charge on any atom is 0.149 e. The van der Waals surface area contributed by atoms with E-state index in [1.165, 1.54) is 10.7 Å². The summed E-state index contributed by atoms with van der Waals surface area (Å²) in [5.74, 6) is -0.312. The van der Waals surface area contributed by atoms with E-state index < -0.39 is 0 Å². The largest absolute Gasteiger partial charge is 0.324 e. The molecule has 1 heterocycles. The van der Waals surface area contributed by atoms with Crippen LogP contribution in [0.2, 0.25) is 0 Å². The lowest BCUT2D eigenvalue weighted by Crippen LogP contribution is -2.06. The van der Waals surface area contributed by atoms with E-state index in [9.17, 15) is 4.39 Å². The van der Waals surface area contributed by atoms with Crippen LogP contribution in [0.3, 0.4) is 0 Å². The minimum atomic E-state index is -0.312. The Morgan fingerprint density at radius 1 is 1.44 bits per heavy atom. The van der Waals surface area contributed by atoms with Gasteiger partial charge in [-0.15, -0.1) is 12.4 Å². The van der Waals surface area contributed by atoms with Crippen molar-refractivity contribution in [3.8, 4) is 5.69 Å². The van der Waals surface area contributed by atoms with Crippen molar-refractivity contribution in [2.45, 2.75) is 13.0 Å². The van der Waals surface area contributed by atoms with Gasteiger partial charge < -0.3 is 5.73 Å². The van der Waals surface area contributed by atoms with Crippen molar-refractivity contribution < 1.29 is 4.39 Å². The van der Waals surface area contributed by atoms with Crippen LogP contribution in [0.25, 0.3) is 5.69 Å². The van der Waals surface area contributed by atoms with E-state index in [1.54, 1.807) is 24.5 Å². The lowest BCUT2D eigenvalue weighted by atomic mass is 10.1. The molecule has 16 heavy (non-hydrogen) atoms. The summed E-state index contributed by atoms with van der Waals surface area (Å²) in [4.78, 5) is 0. The van der Waals surface area contributed by atoms with Gasteiger partial charge in [-0.05, 0) is 30.7 Å². The molecule has 2 aromatic rings. The first-order valence-electron chi connectivity index (χ1n) is 4.73. The van der Waals surface area contributed by atoms with Gasteiger partial charge in [-0.3, -0.25) is 0 Å². The second-order valence-corrected chi connectivity index (χ2v) is 3.45. The summed E-state index contributed by atoms with van der Waals surface area (Å²) in [6.07, 6.45) is 3.31. The molecular formula is C11H13ClFN3. The number of aromatic nitrogens is 2. The SMILES string of the molecule is C[C@H](N)c1ccc(-n2cccn2)c(F)c1.Cl. The Morgan fingerprint density at radius 3 is 2.69 bits per heavy atom. The van der Waals surface area contributed by atoms with Crippen molar-refractivity contribution in [3.05, 3.63) is 48.0 Å². The molecule has 0 radical (unpaired) electrons. The molecule has 1 aromatic carbocycles. The average Bonchev–Trinajstić information content (AvgIpc) is 2.70. The number of nitrogens with two attached hydrogens (primary N) is 1. The van der Waals surface area contributed by atoms with Crippen molar-refractivity contribution >= 4 is 12.4 Å². The fraction of sp³-hybridized carbons (Fsp3) is 0.182. The standard InChI is InChI=1S/C11H12FN3.ClH/c1-8(13)9-3-4-11(10(12)7-9)15-6-2-5-14-15;/h2-8H,13H2,1H3;1H/t8-;/m0./s1. The first-order chi connectivity index (χ1) is 7.18. The van der Waals surface area contributed by atoms with E-state index in [4.69, 9.17) is 5.73 Å². The summed E-state index contributed by atoms with van der Waals surface area (Å²) in [6, 6.07) is 6.53. The first-order valence-corrected chi connectivity index (χ1v) is 4.73. The normalized spacial score (nSPS) is 11.9. The minimum absolute atomic E-state index is 0. The van der Waals surface area contributed by atoms with E-state index in [1.807, 2.05) is 13.0 Å². The third kappa shape index (κ3) is 2.40. The van der Waals surface area contributed by atoms with E-state index in [-0.39, 0.29) is 24.3 Å². The number of nitrogens with zero attached hydrogens (tertiary/aromatic N) is 2. The fourth-order valence-corrected chi connectivity index (χ4v) is 1.40. The molecule has 0 aliphatic carbocycles. The highest BCUT2D eigenvalue weighted by Crippen LogP contribution is 2.17. The van der Waals surface area contributed by atoms with Crippen LogP contribution in [-0.2, 0) is 0 Å². The zero-order valence-electron chi connectivity index (χ0n) is 8.80. The Kier molecular flexibility index (Phi) is 4.04. The molecule has 2 rings (SSSR count). The van der Waals surface area contributed by atoms with Gasteiger partial charge in [0.05, 0.1) is 0 Å². The van der Waals surface area contributed by atoms with Crippen LogP contribution in [0, 0.1) is 5.82 Å². The third-order valence-electron chi connectivity index (χ3n) is 2.25. The van der Waals surface area contributed by atoms with Crippen molar-refractivity contribution in [2.75, 3.05) is 0 Å².